The van der Waals surface area contributed by atoms with Gasteiger partial charge in [-0.3, -0.25) is 0 Å². The molecule has 0 unspecified atom stereocenters. The van der Waals surface area contributed by atoms with Gasteiger partial charge in [0.15, 0.2) is 0 Å². The molecule has 0 N–H and O–H groups in total. The van der Waals surface area contributed by atoms with Gasteiger partial charge in [-0.15, -0.1) is 0 Å². The smallest absolute Gasteiger partial charge is 0.119 e. The Morgan fingerprint density at radius 1 is 0.274 bits per heavy atom. The number of benzene rings is 2. The number of unbranched alkanes of at least 4 members (excludes halogenated alkanes) is 7. The van der Waals surface area contributed by atoms with Crippen molar-refractivity contribution in [3.8, 4) is 22.6 Å². The van der Waals surface area contributed by atoms with Gasteiger partial charge in [0.25, 0.3) is 0 Å². The van der Waals surface area contributed by atoms with Gasteiger partial charge in [0, 0.05) is 12.4 Å². The first-order valence-electron chi connectivity index (χ1n) is 22.7. The van der Waals surface area contributed by atoms with Crippen molar-refractivity contribution in [3.05, 3.63) is 48.5 Å². The molecule has 0 aliphatic rings. The monoisotopic (exact) mass is 946 g/mol. The zero-order valence-electron chi connectivity index (χ0n) is 37.8. The fourth-order valence-corrected chi connectivity index (χ4v) is 5.99. The Bertz CT molecular complexity index is 1180. The molecule has 0 fully saturated rings. The molecule has 0 aromatic heterocycles. The number of hydrogen-bond donors (Lipinski definition) is 0. The molecule has 0 aliphatic carbocycles. The predicted molar refractivity (Wildman–Crippen MR) is 244 cm³/mol. The Morgan fingerprint density at radius 3 is 0.806 bits per heavy atom. The van der Waals surface area contributed by atoms with E-state index >= 15 is 0 Å². The molecule has 0 bridgehead atoms. The van der Waals surface area contributed by atoms with Crippen LogP contribution < -0.4 is 9.47 Å². The van der Waals surface area contributed by atoms with Gasteiger partial charge in [0.2, 0.25) is 0 Å². The number of alkyl halides is 1. The molecule has 0 amide bonds. The molecular formula is C47H79BrO14. The second kappa shape index (κ2) is 45.6. The highest BCUT2D eigenvalue weighted by Gasteiger charge is 2.02. The lowest BCUT2D eigenvalue weighted by molar-refractivity contribution is -0.0282. The SMILES string of the molecule is COCCOCCOCCOCCOCCOCCOCCOCCOCCOCCOCCOCCOc1ccc(-c2ccc(OCCCCCCCCCCBr)cc2)cc1. The minimum Gasteiger partial charge on any atom is -0.494 e. The quantitative estimate of drug-likeness (QED) is 0.0481. The van der Waals surface area contributed by atoms with Crippen molar-refractivity contribution in [1.82, 2.24) is 0 Å². The van der Waals surface area contributed by atoms with Crippen molar-refractivity contribution in [1.29, 1.82) is 0 Å². The molecule has 2 rings (SSSR count). The van der Waals surface area contributed by atoms with Crippen LogP contribution in [-0.4, -0.2) is 178 Å². The maximum atomic E-state index is 5.96. The van der Waals surface area contributed by atoms with Crippen molar-refractivity contribution >= 4 is 15.9 Å². The van der Waals surface area contributed by atoms with Gasteiger partial charge in [-0.05, 0) is 48.2 Å². The molecule has 0 saturated carbocycles. The summed E-state index contributed by atoms with van der Waals surface area (Å²) in [7, 11) is 1.65. The Hall–Kier alpha value is -1.96. The second-order valence-corrected chi connectivity index (χ2v) is 14.8. The summed E-state index contributed by atoms with van der Waals surface area (Å²) in [5.74, 6) is 1.74. The second-order valence-electron chi connectivity index (χ2n) is 14.0. The Balaban J connectivity index is 1.24. The van der Waals surface area contributed by atoms with Gasteiger partial charge < -0.3 is 66.3 Å². The molecule has 15 heteroatoms. The van der Waals surface area contributed by atoms with Crippen LogP contribution in [0.2, 0.25) is 0 Å². The standard InChI is InChI=1S/C47H79BrO14/c1-49-20-21-50-22-23-51-24-25-52-26-27-53-28-29-54-30-31-55-32-33-56-34-35-57-36-37-58-38-39-59-40-41-60-42-43-62-47-16-12-45(13-17-47)44-10-14-46(15-11-44)61-19-9-7-5-3-2-4-6-8-18-48/h10-17H,2-9,18-43H2,1H3. The van der Waals surface area contributed by atoms with Gasteiger partial charge in [-0.2, -0.15) is 0 Å². The first-order chi connectivity index (χ1) is 30.8. The predicted octanol–water partition coefficient (Wildman–Crippen LogP) is 7.46. The fourth-order valence-electron chi connectivity index (χ4n) is 5.60. The zero-order valence-corrected chi connectivity index (χ0v) is 39.3. The summed E-state index contributed by atoms with van der Waals surface area (Å²) in [5, 5.41) is 1.13. The van der Waals surface area contributed by atoms with Crippen molar-refractivity contribution in [2.75, 3.05) is 178 Å². The normalized spacial score (nSPS) is 11.5. The summed E-state index contributed by atoms with van der Waals surface area (Å²) in [4.78, 5) is 0. The molecule has 0 heterocycles. The number of rotatable bonds is 49. The molecule has 2 aromatic rings. The van der Waals surface area contributed by atoms with Crippen LogP contribution >= 0.6 is 15.9 Å². The van der Waals surface area contributed by atoms with E-state index in [0.717, 1.165) is 41.0 Å². The van der Waals surface area contributed by atoms with Crippen LogP contribution in [0.1, 0.15) is 51.4 Å². The highest BCUT2D eigenvalue weighted by atomic mass is 79.9. The number of methoxy groups -OCH3 is 1. The molecule has 62 heavy (non-hydrogen) atoms. The lowest BCUT2D eigenvalue weighted by Gasteiger charge is -2.10. The minimum atomic E-state index is 0.474. The fraction of sp³-hybridized carbons (Fsp3) is 0.745. The van der Waals surface area contributed by atoms with Crippen LogP contribution in [0.15, 0.2) is 48.5 Å². The summed E-state index contributed by atoms with van der Waals surface area (Å²) in [5.41, 5.74) is 2.29. The third-order valence-electron chi connectivity index (χ3n) is 8.99. The van der Waals surface area contributed by atoms with Crippen molar-refractivity contribution in [2.45, 2.75) is 51.4 Å². The van der Waals surface area contributed by atoms with Crippen LogP contribution in [-0.2, 0) is 56.8 Å². The average Bonchev–Trinajstić information content (AvgIpc) is 3.30. The maximum absolute atomic E-state index is 5.96. The highest BCUT2D eigenvalue weighted by molar-refractivity contribution is 9.09. The van der Waals surface area contributed by atoms with Crippen molar-refractivity contribution in [2.24, 2.45) is 0 Å². The van der Waals surface area contributed by atoms with E-state index in [1.807, 2.05) is 12.1 Å². The van der Waals surface area contributed by atoms with E-state index in [1.54, 1.807) is 7.11 Å². The van der Waals surface area contributed by atoms with Crippen LogP contribution in [0.25, 0.3) is 11.1 Å². The Labute approximate surface area is 381 Å². The largest absolute Gasteiger partial charge is 0.494 e. The van der Waals surface area contributed by atoms with Crippen LogP contribution in [0, 0.1) is 0 Å². The first-order valence-corrected chi connectivity index (χ1v) is 23.8. The van der Waals surface area contributed by atoms with Gasteiger partial charge in [0.05, 0.1) is 159 Å². The first kappa shape index (κ1) is 56.2. The Kier molecular flexibility index (Phi) is 41.3. The van der Waals surface area contributed by atoms with E-state index in [2.05, 4.69) is 52.3 Å². The number of halogens is 1. The minimum absolute atomic E-state index is 0.474. The maximum Gasteiger partial charge on any atom is 0.119 e. The van der Waals surface area contributed by atoms with Gasteiger partial charge >= 0.3 is 0 Å². The van der Waals surface area contributed by atoms with E-state index in [-0.39, 0.29) is 0 Å². The number of ether oxygens (including phenoxy) is 14. The van der Waals surface area contributed by atoms with Gasteiger partial charge in [0.1, 0.15) is 18.1 Å². The van der Waals surface area contributed by atoms with E-state index < -0.39 is 0 Å². The zero-order chi connectivity index (χ0) is 43.9. The van der Waals surface area contributed by atoms with E-state index in [9.17, 15) is 0 Å². The van der Waals surface area contributed by atoms with E-state index in [4.69, 9.17) is 66.3 Å². The number of hydrogen-bond acceptors (Lipinski definition) is 14. The molecule has 0 atom stereocenters. The van der Waals surface area contributed by atoms with Crippen LogP contribution in [0.3, 0.4) is 0 Å². The lowest BCUT2D eigenvalue weighted by atomic mass is 10.1. The molecule has 2 aromatic carbocycles. The summed E-state index contributed by atoms with van der Waals surface area (Å²) >= 11 is 3.50. The molecular weight excluding hydrogens is 868 g/mol. The van der Waals surface area contributed by atoms with E-state index in [0.29, 0.717) is 159 Å². The van der Waals surface area contributed by atoms with Crippen LogP contribution in [0.4, 0.5) is 0 Å². The third-order valence-corrected chi connectivity index (χ3v) is 9.55. The van der Waals surface area contributed by atoms with E-state index in [1.165, 1.54) is 44.9 Å². The lowest BCUT2D eigenvalue weighted by Crippen LogP contribution is -2.15. The molecule has 0 saturated heterocycles. The molecule has 0 aliphatic heterocycles. The molecule has 0 radical (unpaired) electrons. The van der Waals surface area contributed by atoms with Gasteiger partial charge in [-0.25, -0.2) is 0 Å². The highest BCUT2D eigenvalue weighted by Crippen LogP contribution is 2.25. The third kappa shape index (κ3) is 36.4. The molecule has 358 valence electrons. The molecule has 0 spiro atoms. The summed E-state index contributed by atoms with van der Waals surface area (Å²) in [6.07, 6.45) is 10.3. The Morgan fingerprint density at radius 2 is 0.516 bits per heavy atom. The summed E-state index contributed by atoms with van der Waals surface area (Å²) in [6, 6.07) is 16.4. The van der Waals surface area contributed by atoms with Crippen LogP contribution in [0.5, 0.6) is 11.5 Å². The van der Waals surface area contributed by atoms with Gasteiger partial charge in [-0.1, -0.05) is 78.7 Å². The summed E-state index contributed by atoms with van der Waals surface area (Å²) < 4.78 is 77.2. The topological polar surface area (TPSA) is 129 Å². The average molecular weight is 948 g/mol. The molecule has 14 nitrogen and oxygen atoms in total. The summed E-state index contributed by atoms with van der Waals surface area (Å²) in [6.45, 7) is 13.2. The van der Waals surface area contributed by atoms with Crippen molar-refractivity contribution < 1.29 is 66.3 Å². The van der Waals surface area contributed by atoms with Crippen molar-refractivity contribution in [3.63, 3.8) is 0 Å².